The van der Waals surface area contributed by atoms with Crippen LogP contribution in [-0.2, 0) is 29.4 Å². The number of cyclic esters (lactones) is 1. The molecule has 2 fully saturated rings. The number of carbonyl (C=O) groups is 2. The molecule has 5 atom stereocenters. The molecule has 0 spiro atoms. The molecule has 0 radical (unpaired) electrons. The normalized spacial score (nSPS) is 31.6. The van der Waals surface area contributed by atoms with Crippen molar-refractivity contribution >= 4 is 11.9 Å². The minimum absolute atomic E-state index is 0.0503. The largest absolute Gasteiger partial charge is 0.461 e. The van der Waals surface area contributed by atoms with Crippen LogP contribution < -0.4 is 0 Å². The lowest BCUT2D eigenvalue weighted by Crippen LogP contribution is -2.55. The van der Waals surface area contributed by atoms with Crippen molar-refractivity contribution in [2.45, 2.75) is 36.8 Å². The van der Waals surface area contributed by atoms with Crippen LogP contribution in [-0.4, -0.2) is 48.6 Å². The van der Waals surface area contributed by atoms with E-state index in [2.05, 4.69) is 6.58 Å². The molecule has 2 aliphatic rings. The Hall–Kier alpha value is -2.39. The van der Waals surface area contributed by atoms with E-state index >= 15 is 0 Å². The molecule has 1 aromatic rings. The van der Waals surface area contributed by atoms with Gasteiger partial charge in [0.05, 0.1) is 5.92 Å². The van der Waals surface area contributed by atoms with Crippen LogP contribution in [0.25, 0.3) is 0 Å². The highest BCUT2D eigenvalue weighted by atomic mass is 19.4. The van der Waals surface area contributed by atoms with Crippen molar-refractivity contribution < 1.29 is 42.1 Å². The van der Waals surface area contributed by atoms with Gasteiger partial charge in [0.25, 0.3) is 5.60 Å². The van der Waals surface area contributed by atoms with Crippen molar-refractivity contribution in [3.63, 3.8) is 0 Å². The fourth-order valence-electron chi connectivity index (χ4n) is 4.15. The Labute approximate surface area is 165 Å². The molecule has 0 amide bonds. The Kier molecular flexibility index (Phi) is 5.25. The fourth-order valence-corrected chi connectivity index (χ4v) is 4.15. The van der Waals surface area contributed by atoms with Gasteiger partial charge in [-0.25, -0.2) is 4.79 Å². The number of methoxy groups -OCH3 is 1. The zero-order chi connectivity index (χ0) is 21.6. The van der Waals surface area contributed by atoms with Crippen LogP contribution in [0.2, 0.25) is 0 Å². The van der Waals surface area contributed by atoms with E-state index in [4.69, 9.17) is 14.2 Å². The molecule has 0 unspecified atom stereocenters. The predicted molar refractivity (Wildman–Crippen MR) is 93.4 cm³/mol. The first-order chi connectivity index (χ1) is 13.5. The average molecular weight is 414 g/mol. The summed E-state index contributed by atoms with van der Waals surface area (Å²) in [6.07, 6.45) is -6.57. The van der Waals surface area contributed by atoms with Gasteiger partial charge >= 0.3 is 18.1 Å². The van der Waals surface area contributed by atoms with E-state index in [0.717, 1.165) is 19.2 Å². The number of hydrogen-bond acceptors (Lipinski definition) is 6. The third kappa shape index (κ3) is 3.22. The molecular formula is C20H21F3O6. The van der Waals surface area contributed by atoms with Gasteiger partial charge in [-0.15, -0.1) is 0 Å². The van der Waals surface area contributed by atoms with Gasteiger partial charge in [-0.3, -0.25) is 4.79 Å². The van der Waals surface area contributed by atoms with Crippen LogP contribution in [0.5, 0.6) is 0 Å². The smallest absolute Gasteiger partial charge is 0.432 e. The van der Waals surface area contributed by atoms with E-state index in [0.29, 0.717) is 5.57 Å². The molecule has 1 saturated heterocycles. The lowest BCUT2D eigenvalue weighted by molar-refractivity contribution is -0.280. The summed E-state index contributed by atoms with van der Waals surface area (Å²) < 4.78 is 56.9. The number of rotatable bonds is 4. The Morgan fingerprint density at radius 1 is 1.31 bits per heavy atom. The summed E-state index contributed by atoms with van der Waals surface area (Å²) in [6.45, 7) is 4.97. The van der Waals surface area contributed by atoms with E-state index in [-0.39, 0.29) is 13.0 Å². The van der Waals surface area contributed by atoms with Crippen molar-refractivity contribution in [1.82, 2.24) is 0 Å². The number of fused-ring (bicyclic) bond motifs is 1. The lowest BCUT2D eigenvalue weighted by atomic mass is 9.82. The van der Waals surface area contributed by atoms with Crippen LogP contribution in [0.3, 0.4) is 0 Å². The van der Waals surface area contributed by atoms with Gasteiger partial charge in [0, 0.05) is 18.6 Å². The van der Waals surface area contributed by atoms with Gasteiger partial charge in [0.2, 0.25) is 0 Å². The summed E-state index contributed by atoms with van der Waals surface area (Å²) in [5.41, 5.74) is -5.26. The van der Waals surface area contributed by atoms with Gasteiger partial charge < -0.3 is 19.3 Å². The molecule has 6 nitrogen and oxygen atoms in total. The van der Waals surface area contributed by atoms with E-state index in [1.54, 1.807) is 0 Å². The summed E-state index contributed by atoms with van der Waals surface area (Å²) in [4.78, 5) is 25.0. The van der Waals surface area contributed by atoms with Gasteiger partial charge in [-0.2, -0.15) is 13.2 Å². The van der Waals surface area contributed by atoms with E-state index in [9.17, 15) is 27.9 Å². The molecule has 1 saturated carbocycles. The van der Waals surface area contributed by atoms with E-state index in [1.807, 2.05) is 0 Å². The second-order valence-corrected chi connectivity index (χ2v) is 7.45. The minimum Gasteiger partial charge on any atom is -0.461 e. The molecule has 1 heterocycles. The Bertz CT molecular complexity index is 819. The third-order valence-corrected chi connectivity index (χ3v) is 5.75. The zero-order valence-electron chi connectivity index (χ0n) is 15.9. The number of esters is 2. The van der Waals surface area contributed by atoms with Crippen LogP contribution >= 0.6 is 0 Å². The molecule has 1 aliphatic carbocycles. The Balaban J connectivity index is 1.97. The highest BCUT2D eigenvalue weighted by molar-refractivity contribution is 5.83. The quantitative estimate of drug-likeness (QED) is 0.602. The zero-order valence-corrected chi connectivity index (χ0v) is 15.9. The molecule has 1 N–H and O–H groups in total. The molecule has 1 aromatic carbocycles. The summed E-state index contributed by atoms with van der Waals surface area (Å²) in [5, 5.41) is 10.9. The van der Waals surface area contributed by atoms with Gasteiger partial charge in [0.1, 0.15) is 18.3 Å². The van der Waals surface area contributed by atoms with Gasteiger partial charge in [0.15, 0.2) is 0 Å². The summed E-state index contributed by atoms with van der Waals surface area (Å²) in [5.74, 6) is -4.07. The summed E-state index contributed by atoms with van der Waals surface area (Å²) in [6, 6.07) is 6.37. The molecular weight excluding hydrogens is 393 g/mol. The summed E-state index contributed by atoms with van der Waals surface area (Å²) >= 11 is 0. The monoisotopic (exact) mass is 414 g/mol. The third-order valence-electron chi connectivity index (χ3n) is 5.75. The van der Waals surface area contributed by atoms with Gasteiger partial charge in [-0.1, -0.05) is 36.9 Å². The molecule has 0 aromatic heterocycles. The number of benzene rings is 1. The molecule has 158 valence electrons. The standard InChI is InChI=1S/C20H21F3O6/c1-11-10-28-16(24)15-13(11)9-14(18(15,2)26)29-17(25)19(27-3,20(21,22)23)12-7-5-4-6-8-12/h4-8,13-15,26H,1,9-10H2,2-3H3/t13-,14+,15-,18-,19+/m1/s1. The molecule has 3 rings (SSSR count). The first-order valence-electron chi connectivity index (χ1n) is 8.92. The van der Waals surface area contributed by atoms with E-state index < -0.39 is 52.8 Å². The first kappa shape index (κ1) is 21.3. The van der Waals surface area contributed by atoms with Crippen molar-refractivity contribution in [2.24, 2.45) is 11.8 Å². The second kappa shape index (κ2) is 7.14. The van der Waals surface area contributed by atoms with Crippen molar-refractivity contribution in [3.8, 4) is 0 Å². The minimum atomic E-state index is -5.14. The molecule has 29 heavy (non-hydrogen) atoms. The van der Waals surface area contributed by atoms with Crippen molar-refractivity contribution in [2.75, 3.05) is 13.7 Å². The van der Waals surface area contributed by atoms with Crippen molar-refractivity contribution in [3.05, 3.63) is 48.0 Å². The topological polar surface area (TPSA) is 82.1 Å². The van der Waals surface area contributed by atoms with Crippen LogP contribution in [0.1, 0.15) is 18.9 Å². The lowest BCUT2D eigenvalue weighted by Gasteiger charge is -2.36. The Morgan fingerprint density at radius 2 is 1.93 bits per heavy atom. The predicted octanol–water partition coefficient (Wildman–Crippen LogP) is 2.50. The average Bonchev–Trinajstić information content (AvgIpc) is 2.91. The maximum absolute atomic E-state index is 14.0. The van der Waals surface area contributed by atoms with Gasteiger partial charge in [-0.05, 0) is 18.9 Å². The maximum atomic E-state index is 14.0. The molecule has 9 heteroatoms. The SMILES string of the molecule is C=C1COC(=O)[C@H]2[C@@H]1C[C@H](OC(=O)[C@@](OC)(c1ccccc1)C(F)(F)F)[C@@]2(C)O. The molecule has 0 bridgehead atoms. The van der Waals surface area contributed by atoms with Crippen LogP contribution in [0.15, 0.2) is 42.5 Å². The maximum Gasteiger partial charge on any atom is 0.432 e. The van der Waals surface area contributed by atoms with Crippen LogP contribution in [0, 0.1) is 11.8 Å². The van der Waals surface area contributed by atoms with E-state index in [1.165, 1.54) is 25.1 Å². The fraction of sp³-hybridized carbons (Fsp3) is 0.500. The number of alkyl halides is 3. The number of hydrogen-bond donors (Lipinski definition) is 1. The first-order valence-corrected chi connectivity index (χ1v) is 8.92. The number of carbonyl (C=O) groups excluding carboxylic acids is 2. The highest BCUT2D eigenvalue weighted by Gasteiger charge is 2.66. The number of ether oxygens (including phenoxy) is 3. The Morgan fingerprint density at radius 3 is 2.45 bits per heavy atom. The number of aliphatic hydroxyl groups is 1. The summed E-state index contributed by atoms with van der Waals surface area (Å²) in [7, 11) is 0.757. The van der Waals surface area contributed by atoms with Crippen LogP contribution in [0.4, 0.5) is 13.2 Å². The van der Waals surface area contributed by atoms with Crippen molar-refractivity contribution in [1.29, 1.82) is 0 Å². The molecule has 1 aliphatic heterocycles. The highest BCUT2D eigenvalue weighted by Crippen LogP contribution is 2.49. The number of halogens is 3. The second-order valence-electron chi connectivity index (χ2n) is 7.45.